The molecule has 1 aliphatic rings. The molecule has 0 bridgehead atoms. The van der Waals surface area contributed by atoms with Gasteiger partial charge in [0.05, 0.1) is 17.0 Å². The van der Waals surface area contributed by atoms with Crippen molar-refractivity contribution < 1.29 is 19.1 Å². The van der Waals surface area contributed by atoms with Crippen LogP contribution in [0, 0.1) is 12.8 Å². The standard InChI is InChI=1S/C21H32N2O4S/c1-5-23(6-2)20(25)18-14(4)17(21(26)27-7-3)19(28-18)22-16(24)13-12-15-10-8-9-11-15/h15H,5-13H2,1-4H3,(H,22,24). The van der Waals surface area contributed by atoms with Crippen molar-refractivity contribution in [3.05, 3.63) is 16.0 Å². The van der Waals surface area contributed by atoms with Gasteiger partial charge in [-0.25, -0.2) is 4.79 Å². The Kier molecular flexibility index (Phi) is 8.48. The van der Waals surface area contributed by atoms with E-state index in [1.807, 2.05) is 13.8 Å². The second kappa shape index (κ2) is 10.6. The molecular formula is C21H32N2O4S. The molecule has 1 fully saturated rings. The molecule has 1 heterocycles. The Morgan fingerprint density at radius 3 is 2.36 bits per heavy atom. The maximum atomic E-state index is 12.8. The second-order valence-electron chi connectivity index (χ2n) is 7.20. The molecular weight excluding hydrogens is 376 g/mol. The zero-order chi connectivity index (χ0) is 20.7. The van der Waals surface area contributed by atoms with Crippen LogP contribution in [0.4, 0.5) is 5.00 Å². The first-order valence-corrected chi connectivity index (χ1v) is 11.1. The molecule has 1 aliphatic carbocycles. The van der Waals surface area contributed by atoms with Gasteiger partial charge < -0.3 is 15.0 Å². The van der Waals surface area contributed by atoms with E-state index in [1.165, 1.54) is 37.0 Å². The van der Waals surface area contributed by atoms with Crippen LogP contribution >= 0.6 is 11.3 Å². The van der Waals surface area contributed by atoms with Gasteiger partial charge in [0.2, 0.25) is 5.91 Å². The molecule has 0 aliphatic heterocycles. The van der Waals surface area contributed by atoms with E-state index < -0.39 is 5.97 Å². The van der Waals surface area contributed by atoms with Crippen molar-refractivity contribution in [2.45, 2.75) is 66.2 Å². The van der Waals surface area contributed by atoms with E-state index in [9.17, 15) is 14.4 Å². The first-order valence-electron chi connectivity index (χ1n) is 10.3. The number of nitrogens with one attached hydrogen (secondary N) is 1. The summed E-state index contributed by atoms with van der Waals surface area (Å²) in [6, 6.07) is 0. The number of hydrogen-bond donors (Lipinski definition) is 1. The summed E-state index contributed by atoms with van der Waals surface area (Å²) in [5.41, 5.74) is 0.878. The van der Waals surface area contributed by atoms with Crippen molar-refractivity contribution in [1.29, 1.82) is 0 Å². The maximum absolute atomic E-state index is 12.8. The fraction of sp³-hybridized carbons (Fsp3) is 0.667. The van der Waals surface area contributed by atoms with Crippen LogP contribution in [0.1, 0.15) is 84.9 Å². The molecule has 1 aromatic rings. The molecule has 0 saturated heterocycles. The lowest BCUT2D eigenvalue weighted by molar-refractivity contribution is -0.116. The molecule has 1 N–H and O–H groups in total. The smallest absolute Gasteiger partial charge is 0.341 e. The molecule has 0 spiro atoms. The highest BCUT2D eigenvalue weighted by atomic mass is 32.1. The Bertz CT molecular complexity index is 704. The highest BCUT2D eigenvalue weighted by Crippen LogP contribution is 2.35. The topological polar surface area (TPSA) is 75.7 Å². The van der Waals surface area contributed by atoms with Gasteiger partial charge in [0, 0.05) is 19.5 Å². The Morgan fingerprint density at radius 2 is 1.79 bits per heavy atom. The molecule has 28 heavy (non-hydrogen) atoms. The predicted octanol–water partition coefficient (Wildman–Crippen LogP) is 4.62. The van der Waals surface area contributed by atoms with Gasteiger partial charge in [-0.2, -0.15) is 0 Å². The van der Waals surface area contributed by atoms with E-state index >= 15 is 0 Å². The number of carbonyl (C=O) groups is 3. The number of carbonyl (C=O) groups excluding carboxylic acids is 3. The summed E-state index contributed by atoms with van der Waals surface area (Å²) in [6.07, 6.45) is 6.20. The number of hydrogen-bond acceptors (Lipinski definition) is 5. The van der Waals surface area contributed by atoms with Gasteiger partial charge in [-0.3, -0.25) is 9.59 Å². The van der Waals surface area contributed by atoms with Crippen molar-refractivity contribution >= 4 is 34.1 Å². The predicted molar refractivity (Wildman–Crippen MR) is 112 cm³/mol. The lowest BCUT2D eigenvalue weighted by atomic mass is 10.0. The molecule has 0 radical (unpaired) electrons. The molecule has 1 aromatic heterocycles. The number of esters is 1. The van der Waals surface area contributed by atoms with Crippen molar-refractivity contribution in [3.8, 4) is 0 Å². The van der Waals surface area contributed by atoms with Crippen LogP contribution in [-0.2, 0) is 9.53 Å². The average Bonchev–Trinajstić information content (AvgIpc) is 3.29. The number of rotatable bonds is 9. The molecule has 2 amide bonds. The van der Waals surface area contributed by atoms with E-state index in [-0.39, 0.29) is 18.4 Å². The number of anilines is 1. The van der Waals surface area contributed by atoms with Gasteiger partial charge in [0.15, 0.2) is 0 Å². The van der Waals surface area contributed by atoms with Crippen LogP contribution in [-0.4, -0.2) is 42.4 Å². The van der Waals surface area contributed by atoms with Crippen molar-refractivity contribution in [3.63, 3.8) is 0 Å². The minimum atomic E-state index is -0.499. The molecule has 6 nitrogen and oxygen atoms in total. The van der Waals surface area contributed by atoms with Crippen LogP contribution < -0.4 is 5.32 Å². The SMILES string of the molecule is CCOC(=O)c1c(NC(=O)CCC2CCCC2)sc(C(=O)N(CC)CC)c1C. The van der Waals surface area contributed by atoms with Crippen LogP contribution in [0.2, 0.25) is 0 Å². The van der Waals surface area contributed by atoms with Gasteiger partial charge in [0.25, 0.3) is 5.91 Å². The summed E-state index contributed by atoms with van der Waals surface area (Å²) in [5, 5.41) is 3.29. The fourth-order valence-electron chi connectivity index (χ4n) is 3.73. The first-order chi connectivity index (χ1) is 13.4. The van der Waals surface area contributed by atoms with E-state index in [0.717, 1.165) is 6.42 Å². The monoisotopic (exact) mass is 408 g/mol. The molecule has 1 saturated carbocycles. The summed E-state index contributed by atoms with van der Waals surface area (Å²) in [4.78, 5) is 40.0. The van der Waals surface area contributed by atoms with E-state index in [0.29, 0.717) is 46.4 Å². The van der Waals surface area contributed by atoms with Crippen LogP contribution in [0.3, 0.4) is 0 Å². The minimum Gasteiger partial charge on any atom is -0.462 e. The third kappa shape index (κ3) is 5.34. The normalized spacial score (nSPS) is 14.1. The molecule has 156 valence electrons. The first kappa shape index (κ1) is 22.4. The van der Waals surface area contributed by atoms with Crippen molar-refractivity contribution in [1.82, 2.24) is 4.90 Å². The summed E-state index contributed by atoms with van der Waals surface area (Å²) < 4.78 is 5.17. The Morgan fingerprint density at radius 1 is 1.14 bits per heavy atom. The van der Waals surface area contributed by atoms with Gasteiger partial charge in [-0.15, -0.1) is 11.3 Å². The number of ether oxygens (including phenoxy) is 1. The number of nitrogens with zero attached hydrogens (tertiary/aromatic N) is 1. The second-order valence-corrected chi connectivity index (χ2v) is 8.22. The number of amides is 2. The van der Waals surface area contributed by atoms with E-state index in [1.54, 1.807) is 18.7 Å². The highest BCUT2D eigenvalue weighted by Gasteiger charge is 2.28. The Labute approximate surface area is 171 Å². The van der Waals surface area contributed by atoms with E-state index in [4.69, 9.17) is 4.74 Å². The molecule has 0 aromatic carbocycles. The highest BCUT2D eigenvalue weighted by molar-refractivity contribution is 7.18. The van der Waals surface area contributed by atoms with Crippen molar-refractivity contribution in [2.75, 3.05) is 25.0 Å². The third-order valence-corrected chi connectivity index (χ3v) is 6.57. The van der Waals surface area contributed by atoms with Crippen LogP contribution in [0.25, 0.3) is 0 Å². The largest absolute Gasteiger partial charge is 0.462 e. The Balaban J connectivity index is 2.22. The average molecular weight is 409 g/mol. The minimum absolute atomic E-state index is 0.111. The quantitative estimate of drug-likeness (QED) is 0.605. The third-order valence-electron chi connectivity index (χ3n) is 5.38. The molecule has 0 unspecified atom stereocenters. The zero-order valence-corrected chi connectivity index (χ0v) is 18.2. The van der Waals surface area contributed by atoms with Gasteiger partial charge in [-0.05, 0) is 45.6 Å². The molecule has 2 rings (SSSR count). The van der Waals surface area contributed by atoms with E-state index in [2.05, 4.69) is 5.32 Å². The number of thiophene rings is 1. The summed E-state index contributed by atoms with van der Waals surface area (Å²) in [6.45, 7) is 8.73. The van der Waals surface area contributed by atoms with Gasteiger partial charge in [-0.1, -0.05) is 25.7 Å². The van der Waals surface area contributed by atoms with Gasteiger partial charge >= 0.3 is 5.97 Å². The lowest BCUT2D eigenvalue weighted by Gasteiger charge is -2.18. The van der Waals surface area contributed by atoms with Crippen LogP contribution in [0.15, 0.2) is 0 Å². The summed E-state index contributed by atoms with van der Waals surface area (Å²) in [7, 11) is 0. The fourth-order valence-corrected chi connectivity index (χ4v) is 4.91. The lowest BCUT2D eigenvalue weighted by Crippen LogP contribution is -2.30. The maximum Gasteiger partial charge on any atom is 0.341 e. The zero-order valence-electron chi connectivity index (χ0n) is 17.4. The Hall–Kier alpha value is -1.89. The summed E-state index contributed by atoms with van der Waals surface area (Å²) >= 11 is 1.17. The van der Waals surface area contributed by atoms with Crippen LogP contribution in [0.5, 0.6) is 0 Å². The van der Waals surface area contributed by atoms with Crippen molar-refractivity contribution in [2.24, 2.45) is 5.92 Å². The molecule has 0 atom stereocenters. The summed E-state index contributed by atoms with van der Waals surface area (Å²) in [5.74, 6) is -0.105. The van der Waals surface area contributed by atoms with Gasteiger partial charge in [0.1, 0.15) is 5.00 Å². The molecule has 7 heteroatoms.